The molecule has 0 aliphatic heterocycles. The average Bonchev–Trinajstić information content (AvgIpc) is 2.70. The maximum Gasteiger partial charge on any atom is 0.255 e. The first-order valence-electron chi connectivity index (χ1n) is 4.35. The van der Waals surface area contributed by atoms with Gasteiger partial charge in [-0.1, -0.05) is 6.07 Å². The summed E-state index contributed by atoms with van der Waals surface area (Å²) in [7, 11) is 0. The minimum atomic E-state index is -0.285. The maximum absolute atomic E-state index is 11.6. The second-order valence-corrected chi connectivity index (χ2v) is 2.99. The quantitative estimate of drug-likeness (QED) is 0.689. The molecule has 1 aromatic heterocycles. The van der Waals surface area contributed by atoms with Crippen LogP contribution in [0, 0.1) is 0 Å². The van der Waals surface area contributed by atoms with E-state index in [0.29, 0.717) is 11.3 Å². The van der Waals surface area contributed by atoms with Crippen LogP contribution in [0.1, 0.15) is 10.4 Å². The number of hydrogen-bond acceptors (Lipinski definition) is 3. The van der Waals surface area contributed by atoms with Crippen molar-refractivity contribution < 1.29 is 9.90 Å². The highest BCUT2D eigenvalue weighted by atomic mass is 16.3. The van der Waals surface area contributed by atoms with Gasteiger partial charge >= 0.3 is 0 Å². The average molecular weight is 203 g/mol. The van der Waals surface area contributed by atoms with E-state index in [-0.39, 0.29) is 11.7 Å². The van der Waals surface area contributed by atoms with Crippen molar-refractivity contribution in [2.45, 2.75) is 0 Å². The number of phenolic OH excluding ortho intramolecular Hbond substituents is 1. The normalized spacial score (nSPS) is 9.87. The van der Waals surface area contributed by atoms with E-state index in [1.165, 1.54) is 18.3 Å². The number of aromatic hydroxyl groups is 1. The highest BCUT2D eigenvalue weighted by Crippen LogP contribution is 2.12. The second-order valence-electron chi connectivity index (χ2n) is 2.99. The summed E-state index contributed by atoms with van der Waals surface area (Å²) in [5.41, 5.74) is 0.986. The lowest BCUT2D eigenvalue weighted by Crippen LogP contribution is -2.10. The van der Waals surface area contributed by atoms with Crippen molar-refractivity contribution in [3.05, 3.63) is 42.2 Å². The Morgan fingerprint density at radius 3 is 3.00 bits per heavy atom. The summed E-state index contributed by atoms with van der Waals surface area (Å²) >= 11 is 0. The minimum absolute atomic E-state index is 0.0647. The summed E-state index contributed by atoms with van der Waals surface area (Å²) in [6.45, 7) is 0. The number of phenols is 1. The number of anilines is 1. The summed E-state index contributed by atoms with van der Waals surface area (Å²) < 4.78 is 0. The van der Waals surface area contributed by atoms with Gasteiger partial charge in [-0.25, -0.2) is 0 Å². The van der Waals surface area contributed by atoms with Crippen molar-refractivity contribution in [3.8, 4) is 5.75 Å². The van der Waals surface area contributed by atoms with Gasteiger partial charge in [-0.15, -0.1) is 0 Å². The van der Waals surface area contributed by atoms with Crippen LogP contribution in [0.2, 0.25) is 0 Å². The number of amides is 1. The fraction of sp³-hybridized carbons (Fsp3) is 0. The van der Waals surface area contributed by atoms with Gasteiger partial charge in [-0.3, -0.25) is 9.89 Å². The van der Waals surface area contributed by atoms with Gasteiger partial charge in [0.05, 0.1) is 11.9 Å². The fourth-order valence-electron chi connectivity index (χ4n) is 1.17. The van der Waals surface area contributed by atoms with Crippen LogP contribution in [0.4, 0.5) is 5.69 Å². The predicted octanol–water partition coefficient (Wildman–Crippen LogP) is 1.37. The molecule has 5 heteroatoms. The number of nitrogens with zero attached hydrogens (tertiary/aromatic N) is 1. The Labute approximate surface area is 85.8 Å². The highest BCUT2D eigenvalue weighted by molar-refractivity contribution is 6.04. The molecule has 0 atom stereocenters. The van der Waals surface area contributed by atoms with Gasteiger partial charge in [-0.2, -0.15) is 5.10 Å². The third kappa shape index (κ3) is 2.14. The van der Waals surface area contributed by atoms with Crippen molar-refractivity contribution in [2.24, 2.45) is 0 Å². The van der Waals surface area contributed by atoms with Crippen LogP contribution in [-0.2, 0) is 0 Å². The van der Waals surface area contributed by atoms with Gasteiger partial charge in [0, 0.05) is 11.8 Å². The number of aromatic amines is 1. The first-order chi connectivity index (χ1) is 7.25. The zero-order valence-corrected chi connectivity index (χ0v) is 7.77. The molecule has 1 aromatic carbocycles. The van der Waals surface area contributed by atoms with Crippen molar-refractivity contribution in [3.63, 3.8) is 0 Å². The van der Waals surface area contributed by atoms with Gasteiger partial charge in [-0.05, 0) is 18.2 Å². The Hall–Kier alpha value is -2.30. The monoisotopic (exact) mass is 203 g/mol. The molecular formula is C10H9N3O2. The number of H-pyrrole nitrogens is 1. The number of benzene rings is 1. The molecule has 2 aromatic rings. The third-order valence-electron chi connectivity index (χ3n) is 1.86. The SMILES string of the molecule is O=C(Nc1cn[nH]c1)c1cccc(O)c1. The molecule has 1 heterocycles. The smallest absolute Gasteiger partial charge is 0.255 e. The van der Waals surface area contributed by atoms with Crippen LogP contribution in [0.3, 0.4) is 0 Å². The number of hydrogen-bond donors (Lipinski definition) is 3. The molecule has 5 nitrogen and oxygen atoms in total. The Morgan fingerprint density at radius 1 is 1.47 bits per heavy atom. The number of aromatic nitrogens is 2. The second kappa shape index (κ2) is 3.83. The molecule has 0 spiro atoms. The molecule has 0 bridgehead atoms. The number of nitrogens with one attached hydrogen (secondary N) is 2. The van der Waals surface area contributed by atoms with Crippen molar-refractivity contribution in [2.75, 3.05) is 5.32 Å². The summed E-state index contributed by atoms with van der Waals surface area (Å²) in [6.07, 6.45) is 3.07. The van der Waals surface area contributed by atoms with Crippen LogP contribution in [0.25, 0.3) is 0 Å². The van der Waals surface area contributed by atoms with Crippen LogP contribution in [0.15, 0.2) is 36.7 Å². The minimum Gasteiger partial charge on any atom is -0.508 e. The number of carbonyl (C=O) groups is 1. The van der Waals surface area contributed by atoms with E-state index in [4.69, 9.17) is 0 Å². The lowest BCUT2D eigenvalue weighted by Gasteiger charge is -2.02. The van der Waals surface area contributed by atoms with Gasteiger partial charge in [0.25, 0.3) is 5.91 Å². The number of carbonyl (C=O) groups excluding carboxylic acids is 1. The molecule has 0 unspecified atom stereocenters. The van der Waals surface area contributed by atoms with E-state index in [2.05, 4.69) is 15.5 Å². The summed E-state index contributed by atoms with van der Waals surface area (Å²) in [5, 5.41) is 18.1. The van der Waals surface area contributed by atoms with E-state index in [9.17, 15) is 9.90 Å². The molecule has 3 N–H and O–H groups in total. The molecule has 0 aliphatic rings. The van der Waals surface area contributed by atoms with Crippen LogP contribution in [0.5, 0.6) is 5.75 Å². The van der Waals surface area contributed by atoms with E-state index >= 15 is 0 Å². The van der Waals surface area contributed by atoms with Crippen LogP contribution < -0.4 is 5.32 Å². The summed E-state index contributed by atoms with van der Waals surface area (Å²) in [4.78, 5) is 11.6. The topological polar surface area (TPSA) is 78.0 Å². The highest BCUT2D eigenvalue weighted by Gasteiger charge is 2.06. The Bertz CT molecular complexity index is 465. The Balaban J connectivity index is 2.15. The first kappa shape index (κ1) is 9.26. The largest absolute Gasteiger partial charge is 0.508 e. The summed E-state index contributed by atoms with van der Waals surface area (Å²) in [5.74, 6) is -0.220. The zero-order chi connectivity index (χ0) is 10.7. The van der Waals surface area contributed by atoms with E-state index in [1.54, 1.807) is 18.3 Å². The van der Waals surface area contributed by atoms with Crippen molar-refractivity contribution >= 4 is 11.6 Å². The lowest BCUT2D eigenvalue weighted by molar-refractivity contribution is 0.102. The van der Waals surface area contributed by atoms with E-state index < -0.39 is 0 Å². The van der Waals surface area contributed by atoms with Crippen molar-refractivity contribution in [1.82, 2.24) is 10.2 Å². The molecule has 76 valence electrons. The summed E-state index contributed by atoms with van der Waals surface area (Å²) in [6, 6.07) is 6.14. The zero-order valence-electron chi connectivity index (χ0n) is 7.77. The maximum atomic E-state index is 11.6. The molecule has 0 saturated heterocycles. The van der Waals surface area contributed by atoms with Gasteiger partial charge in [0.2, 0.25) is 0 Å². The van der Waals surface area contributed by atoms with Crippen LogP contribution in [-0.4, -0.2) is 21.2 Å². The molecule has 2 rings (SSSR count). The lowest BCUT2D eigenvalue weighted by atomic mass is 10.2. The fourth-order valence-corrected chi connectivity index (χ4v) is 1.17. The molecule has 0 radical (unpaired) electrons. The first-order valence-corrected chi connectivity index (χ1v) is 4.35. The molecular weight excluding hydrogens is 194 g/mol. The van der Waals surface area contributed by atoms with Crippen LogP contribution >= 0.6 is 0 Å². The standard InChI is InChI=1S/C10H9N3O2/c14-9-3-1-2-7(4-9)10(15)13-8-5-11-12-6-8/h1-6,14H,(H,11,12)(H,13,15). The number of rotatable bonds is 2. The molecule has 0 fully saturated rings. The molecule has 1 amide bonds. The van der Waals surface area contributed by atoms with Gasteiger partial charge < -0.3 is 10.4 Å². The van der Waals surface area contributed by atoms with Gasteiger partial charge in [0.15, 0.2) is 0 Å². The molecule has 0 saturated carbocycles. The molecule has 0 aliphatic carbocycles. The molecule has 15 heavy (non-hydrogen) atoms. The Kier molecular flexibility index (Phi) is 2.37. The predicted molar refractivity (Wildman–Crippen MR) is 54.6 cm³/mol. The van der Waals surface area contributed by atoms with Gasteiger partial charge in [0.1, 0.15) is 5.75 Å². The third-order valence-corrected chi connectivity index (χ3v) is 1.86. The Morgan fingerprint density at radius 2 is 2.33 bits per heavy atom. The van der Waals surface area contributed by atoms with E-state index in [0.717, 1.165) is 0 Å². The van der Waals surface area contributed by atoms with Crippen molar-refractivity contribution in [1.29, 1.82) is 0 Å². The van der Waals surface area contributed by atoms with E-state index in [1.807, 2.05) is 0 Å².